The number of aromatic nitrogens is 1. The van der Waals surface area contributed by atoms with Crippen molar-refractivity contribution in [2.24, 2.45) is 0 Å². The smallest absolute Gasteiger partial charge is 0.236 e. The number of nitrogens with two attached hydrogens (primary N) is 1. The van der Waals surface area contributed by atoms with E-state index in [2.05, 4.69) is 0 Å². The summed E-state index contributed by atoms with van der Waals surface area (Å²) in [5.74, 6) is 0. The van der Waals surface area contributed by atoms with E-state index >= 15 is 0 Å². The molecule has 1 aromatic heterocycles. The van der Waals surface area contributed by atoms with Crippen LogP contribution < -0.4 is 5.73 Å². The molecule has 2 rings (SSSR count). The Balaban J connectivity index is 2.94. The van der Waals surface area contributed by atoms with Crippen molar-refractivity contribution >= 4 is 38.2 Å². The molecule has 0 spiro atoms. The zero-order chi connectivity index (χ0) is 11.2. The lowest BCUT2D eigenvalue weighted by molar-refractivity contribution is 0.595. The van der Waals surface area contributed by atoms with Crippen molar-refractivity contribution < 1.29 is 8.42 Å². The summed E-state index contributed by atoms with van der Waals surface area (Å²) in [7, 11) is -3.35. The highest BCUT2D eigenvalue weighted by Crippen LogP contribution is 2.28. The van der Waals surface area contributed by atoms with Crippen LogP contribution in [-0.4, -0.2) is 18.6 Å². The third kappa shape index (κ3) is 1.68. The molecule has 0 amide bonds. The lowest BCUT2D eigenvalue weighted by atomic mass is 10.2. The maximum Gasteiger partial charge on any atom is 0.236 e. The molecule has 0 aliphatic rings. The predicted octanol–water partition coefficient (Wildman–Crippen LogP) is 1.68. The van der Waals surface area contributed by atoms with Gasteiger partial charge in [-0.2, -0.15) is 0 Å². The summed E-state index contributed by atoms with van der Waals surface area (Å²) in [6, 6.07) is 4.97. The van der Waals surface area contributed by atoms with E-state index in [1.54, 1.807) is 18.2 Å². The van der Waals surface area contributed by atoms with Crippen LogP contribution in [-0.2, 0) is 10.0 Å². The van der Waals surface area contributed by atoms with Gasteiger partial charge in [0.1, 0.15) is 0 Å². The number of anilines is 1. The minimum Gasteiger partial charge on any atom is -0.399 e. The summed E-state index contributed by atoms with van der Waals surface area (Å²) in [5.41, 5.74) is 6.60. The van der Waals surface area contributed by atoms with Crippen LogP contribution in [0.5, 0.6) is 0 Å². The Bertz CT molecular complexity index is 631. The van der Waals surface area contributed by atoms with Gasteiger partial charge in [0.15, 0.2) is 0 Å². The van der Waals surface area contributed by atoms with Crippen LogP contribution in [0.1, 0.15) is 0 Å². The average molecular weight is 245 g/mol. The van der Waals surface area contributed by atoms with Crippen molar-refractivity contribution in [3.8, 4) is 0 Å². The van der Waals surface area contributed by atoms with Crippen LogP contribution in [0, 0.1) is 0 Å². The maximum absolute atomic E-state index is 11.4. The van der Waals surface area contributed by atoms with Gasteiger partial charge in [0, 0.05) is 17.3 Å². The molecule has 0 aliphatic carbocycles. The summed E-state index contributed by atoms with van der Waals surface area (Å²) in [6.45, 7) is 0. The first-order valence-corrected chi connectivity index (χ1v) is 6.39. The molecule has 15 heavy (non-hydrogen) atoms. The van der Waals surface area contributed by atoms with Gasteiger partial charge in [-0.15, -0.1) is 0 Å². The number of fused-ring (bicyclic) bond motifs is 1. The number of halogens is 1. The van der Waals surface area contributed by atoms with Crippen LogP contribution in [0.15, 0.2) is 24.4 Å². The SMILES string of the molecule is CS(=O)(=O)n1cc(Cl)c2ccc(N)cc21. The monoisotopic (exact) mass is 244 g/mol. The van der Waals surface area contributed by atoms with Crippen molar-refractivity contribution in [3.63, 3.8) is 0 Å². The largest absolute Gasteiger partial charge is 0.399 e. The van der Waals surface area contributed by atoms with E-state index in [4.69, 9.17) is 17.3 Å². The van der Waals surface area contributed by atoms with Gasteiger partial charge in [0.25, 0.3) is 0 Å². The molecule has 0 aliphatic heterocycles. The molecule has 2 aromatic rings. The maximum atomic E-state index is 11.4. The van der Waals surface area contributed by atoms with Crippen molar-refractivity contribution in [1.29, 1.82) is 0 Å². The van der Waals surface area contributed by atoms with Gasteiger partial charge in [-0.05, 0) is 18.2 Å². The topological polar surface area (TPSA) is 65.1 Å². The van der Waals surface area contributed by atoms with Gasteiger partial charge in [-0.25, -0.2) is 12.4 Å². The highest BCUT2D eigenvalue weighted by atomic mass is 35.5. The van der Waals surface area contributed by atoms with Crippen molar-refractivity contribution in [2.45, 2.75) is 0 Å². The van der Waals surface area contributed by atoms with Crippen molar-refractivity contribution in [3.05, 3.63) is 29.4 Å². The molecule has 0 radical (unpaired) electrons. The van der Waals surface area contributed by atoms with E-state index in [0.29, 0.717) is 21.6 Å². The second-order valence-corrected chi connectivity index (χ2v) is 5.58. The highest BCUT2D eigenvalue weighted by molar-refractivity contribution is 7.89. The summed E-state index contributed by atoms with van der Waals surface area (Å²) >= 11 is 5.91. The van der Waals surface area contributed by atoms with E-state index in [-0.39, 0.29) is 0 Å². The lowest BCUT2D eigenvalue weighted by Gasteiger charge is -2.01. The minimum absolute atomic E-state index is 0.399. The lowest BCUT2D eigenvalue weighted by Crippen LogP contribution is -2.08. The Morgan fingerprint density at radius 1 is 1.40 bits per heavy atom. The molecule has 0 unspecified atom stereocenters. The second kappa shape index (κ2) is 3.15. The average Bonchev–Trinajstić information content (AvgIpc) is 2.42. The molecule has 0 atom stereocenters. The fourth-order valence-electron chi connectivity index (χ4n) is 1.45. The summed E-state index contributed by atoms with van der Waals surface area (Å²) < 4.78 is 24.0. The van der Waals surface area contributed by atoms with Gasteiger partial charge in [0.05, 0.1) is 16.8 Å². The normalized spacial score (nSPS) is 12.1. The fourth-order valence-corrected chi connectivity index (χ4v) is 2.57. The van der Waals surface area contributed by atoms with Crippen molar-refractivity contribution in [1.82, 2.24) is 3.97 Å². The van der Waals surface area contributed by atoms with E-state index in [1.807, 2.05) is 0 Å². The van der Waals surface area contributed by atoms with E-state index < -0.39 is 10.0 Å². The van der Waals surface area contributed by atoms with Crippen LogP contribution in [0.4, 0.5) is 5.69 Å². The quantitative estimate of drug-likeness (QED) is 0.777. The number of hydrogen-bond donors (Lipinski definition) is 1. The molecule has 0 fully saturated rings. The van der Waals surface area contributed by atoms with Gasteiger partial charge >= 0.3 is 0 Å². The molecule has 6 heteroatoms. The minimum atomic E-state index is -3.35. The molecule has 0 saturated heterocycles. The third-order valence-corrected chi connectivity index (χ3v) is 3.42. The summed E-state index contributed by atoms with van der Waals surface area (Å²) in [5, 5.41) is 1.08. The molecule has 2 N–H and O–H groups in total. The molecular weight excluding hydrogens is 236 g/mol. The molecule has 1 heterocycles. The Labute approximate surface area is 92.3 Å². The highest BCUT2D eigenvalue weighted by Gasteiger charge is 2.13. The van der Waals surface area contributed by atoms with Gasteiger partial charge in [-0.1, -0.05) is 11.6 Å². The van der Waals surface area contributed by atoms with E-state index in [0.717, 1.165) is 10.2 Å². The van der Waals surface area contributed by atoms with E-state index in [1.165, 1.54) is 6.20 Å². The molecule has 0 saturated carbocycles. The number of benzene rings is 1. The fraction of sp³-hybridized carbons (Fsp3) is 0.111. The first-order chi connectivity index (χ1) is 6.89. The molecule has 80 valence electrons. The van der Waals surface area contributed by atoms with E-state index in [9.17, 15) is 8.42 Å². The third-order valence-electron chi connectivity index (χ3n) is 2.10. The van der Waals surface area contributed by atoms with Gasteiger partial charge in [-0.3, -0.25) is 0 Å². The number of hydrogen-bond acceptors (Lipinski definition) is 3. The Hall–Kier alpha value is -1.20. The number of nitrogens with zero attached hydrogens (tertiary/aromatic N) is 1. The molecular formula is C9H9ClN2O2S. The van der Waals surface area contributed by atoms with Gasteiger partial charge in [0.2, 0.25) is 10.0 Å². The van der Waals surface area contributed by atoms with Crippen molar-refractivity contribution in [2.75, 3.05) is 12.0 Å². The second-order valence-electron chi connectivity index (χ2n) is 3.31. The van der Waals surface area contributed by atoms with Crippen LogP contribution in [0.3, 0.4) is 0 Å². The number of nitrogen functional groups attached to an aromatic ring is 1. The Morgan fingerprint density at radius 3 is 2.67 bits per heavy atom. The predicted molar refractivity (Wildman–Crippen MR) is 61.6 cm³/mol. The molecule has 1 aromatic carbocycles. The zero-order valence-corrected chi connectivity index (χ0v) is 9.51. The van der Waals surface area contributed by atoms with Crippen LogP contribution >= 0.6 is 11.6 Å². The summed E-state index contributed by atoms with van der Waals surface area (Å²) in [4.78, 5) is 0. The first kappa shape index (κ1) is 10.3. The van der Waals surface area contributed by atoms with Crippen LogP contribution in [0.25, 0.3) is 10.9 Å². The Morgan fingerprint density at radius 2 is 2.07 bits per heavy atom. The zero-order valence-electron chi connectivity index (χ0n) is 7.94. The van der Waals surface area contributed by atoms with Crippen LogP contribution in [0.2, 0.25) is 5.02 Å². The molecule has 4 nitrogen and oxygen atoms in total. The first-order valence-electron chi connectivity index (χ1n) is 4.16. The van der Waals surface area contributed by atoms with Gasteiger partial charge < -0.3 is 5.73 Å². The standard InChI is InChI=1S/C9H9ClN2O2S/c1-15(13,14)12-5-8(10)7-3-2-6(11)4-9(7)12/h2-5H,11H2,1H3. The number of rotatable bonds is 1. The molecule has 0 bridgehead atoms. The summed E-state index contributed by atoms with van der Waals surface area (Å²) in [6.07, 6.45) is 2.49. The Kier molecular flexibility index (Phi) is 2.17.